The summed E-state index contributed by atoms with van der Waals surface area (Å²) in [5, 5.41) is 25.0. The molecule has 3 aliphatic rings. The number of benzene rings is 2. The maximum Gasteiger partial charge on any atom is 0.120 e. The van der Waals surface area contributed by atoms with Crippen molar-refractivity contribution in [3.8, 4) is 11.5 Å². The zero-order valence-electron chi connectivity index (χ0n) is 18.0. The summed E-state index contributed by atoms with van der Waals surface area (Å²) >= 11 is 0. The molecule has 2 aromatic carbocycles. The summed E-state index contributed by atoms with van der Waals surface area (Å²) < 4.78 is 5.44. The highest BCUT2D eigenvalue weighted by molar-refractivity contribution is 5.41. The first-order chi connectivity index (χ1) is 14.5. The molecule has 2 saturated carbocycles. The van der Waals surface area contributed by atoms with Gasteiger partial charge in [0.2, 0.25) is 0 Å². The first-order valence-corrected chi connectivity index (χ1v) is 11.4. The van der Waals surface area contributed by atoms with Gasteiger partial charge < -0.3 is 20.3 Å². The van der Waals surface area contributed by atoms with Gasteiger partial charge in [-0.15, -0.1) is 0 Å². The second-order valence-corrected chi connectivity index (χ2v) is 9.82. The lowest BCUT2D eigenvalue weighted by Gasteiger charge is -2.50. The number of aliphatic hydroxyl groups excluding tert-OH is 1. The molecule has 3 aliphatic carbocycles. The number of aromatic hydroxyl groups is 1. The van der Waals surface area contributed by atoms with Gasteiger partial charge in [-0.3, -0.25) is 0 Å². The summed E-state index contributed by atoms with van der Waals surface area (Å²) in [4.78, 5) is 0. The maximum absolute atomic E-state index is 11.3. The molecule has 0 bridgehead atoms. The number of nitrogens with one attached hydrogen (secondary N) is 1. The van der Waals surface area contributed by atoms with Gasteiger partial charge in [-0.1, -0.05) is 31.2 Å². The summed E-state index contributed by atoms with van der Waals surface area (Å²) in [6, 6.07) is 14.2. The number of hydrogen-bond acceptors (Lipinski definition) is 4. The molecule has 2 aromatic rings. The number of hydrogen-bond donors (Lipinski definition) is 3. The average molecular weight is 408 g/mol. The zero-order valence-corrected chi connectivity index (χ0v) is 18.0. The van der Waals surface area contributed by atoms with E-state index >= 15 is 0 Å². The number of aliphatic hydroxyl groups is 1. The maximum atomic E-state index is 11.3. The van der Waals surface area contributed by atoms with E-state index in [2.05, 4.69) is 30.4 Å². The molecule has 3 N–H and O–H groups in total. The van der Waals surface area contributed by atoms with Crippen LogP contribution in [0.2, 0.25) is 0 Å². The van der Waals surface area contributed by atoms with Gasteiger partial charge in [0, 0.05) is 18.2 Å². The Morgan fingerprint density at radius 2 is 2.00 bits per heavy atom. The van der Waals surface area contributed by atoms with Crippen molar-refractivity contribution in [3.63, 3.8) is 0 Å². The monoisotopic (exact) mass is 407 g/mol. The summed E-state index contributed by atoms with van der Waals surface area (Å²) in [5.74, 6) is 3.04. The topological polar surface area (TPSA) is 61.7 Å². The van der Waals surface area contributed by atoms with E-state index in [1.165, 1.54) is 17.5 Å². The smallest absolute Gasteiger partial charge is 0.120 e. The lowest BCUT2D eigenvalue weighted by molar-refractivity contribution is -0.0281. The molecule has 0 radical (unpaired) electrons. The van der Waals surface area contributed by atoms with Crippen molar-refractivity contribution in [3.05, 3.63) is 59.2 Å². The lowest BCUT2D eigenvalue weighted by atomic mass is 9.55. The van der Waals surface area contributed by atoms with E-state index in [1.54, 1.807) is 13.2 Å². The third-order valence-electron chi connectivity index (χ3n) is 8.48. The van der Waals surface area contributed by atoms with Gasteiger partial charge in [0.1, 0.15) is 11.5 Å². The first kappa shape index (κ1) is 19.9. The number of ether oxygens (including phenoxy) is 1. The van der Waals surface area contributed by atoms with Crippen LogP contribution in [0, 0.1) is 17.3 Å². The largest absolute Gasteiger partial charge is 0.508 e. The Morgan fingerprint density at radius 1 is 1.17 bits per heavy atom. The number of rotatable bonds is 4. The number of fused-ring (bicyclic) bond motifs is 5. The minimum atomic E-state index is -0.341. The zero-order chi connectivity index (χ0) is 20.9. The van der Waals surface area contributed by atoms with Crippen molar-refractivity contribution in [2.24, 2.45) is 17.3 Å². The van der Waals surface area contributed by atoms with E-state index in [0.29, 0.717) is 30.0 Å². The van der Waals surface area contributed by atoms with E-state index in [0.717, 1.165) is 37.0 Å². The number of aryl methyl sites for hydroxylation is 1. The fourth-order valence-electron chi connectivity index (χ4n) is 6.80. The van der Waals surface area contributed by atoms with Crippen LogP contribution in [-0.2, 0) is 13.0 Å². The van der Waals surface area contributed by atoms with Gasteiger partial charge >= 0.3 is 0 Å². The van der Waals surface area contributed by atoms with Crippen LogP contribution in [-0.4, -0.2) is 29.5 Å². The van der Waals surface area contributed by atoms with Gasteiger partial charge in [-0.25, -0.2) is 0 Å². The molecule has 5 rings (SSSR count). The van der Waals surface area contributed by atoms with E-state index < -0.39 is 0 Å². The number of para-hydroxylation sites is 1. The SMILES string of the molecule is COc1ccc2c(c1)CC[C@@H]1[C@@H]2CC[C@]2(C)[C@@H](O)[C@H](NCc3ccccc3O)C[C@@H]12. The molecule has 0 amide bonds. The predicted octanol–water partition coefficient (Wildman–Crippen LogP) is 4.39. The van der Waals surface area contributed by atoms with Crippen LogP contribution >= 0.6 is 0 Å². The third kappa shape index (κ3) is 3.12. The Bertz CT molecular complexity index is 928. The molecule has 0 aromatic heterocycles. The Hall–Kier alpha value is -2.04. The van der Waals surface area contributed by atoms with E-state index in [4.69, 9.17) is 4.74 Å². The Morgan fingerprint density at radius 3 is 2.80 bits per heavy atom. The van der Waals surface area contributed by atoms with E-state index in [-0.39, 0.29) is 17.6 Å². The lowest BCUT2D eigenvalue weighted by Crippen LogP contribution is -2.46. The summed E-state index contributed by atoms with van der Waals surface area (Å²) in [5.41, 5.74) is 3.82. The third-order valence-corrected chi connectivity index (χ3v) is 8.48. The molecule has 4 nitrogen and oxygen atoms in total. The van der Waals surface area contributed by atoms with Crippen molar-refractivity contribution in [1.82, 2.24) is 5.32 Å². The van der Waals surface area contributed by atoms with Crippen LogP contribution in [0.3, 0.4) is 0 Å². The molecular formula is C26H33NO3. The van der Waals surface area contributed by atoms with Crippen LogP contribution in [0.4, 0.5) is 0 Å². The molecule has 160 valence electrons. The predicted molar refractivity (Wildman–Crippen MR) is 118 cm³/mol. The highest BCUT2D eigenvalue weighted by Gasteiger charge is 2.57. The molecule has 0 unspecified atom stereocenters. The van der Waals surface area contributed by atoms with E-state index in [1.807, 2.05) is 18.2 Å². The van der Waals surface area contributed by atoms with Crippen molar-refractivity contribution in [2.75, 3.05) is 7.11 Å². The summed E-state index contributed by atoms with van der Waals surface area (Å²) in [6.45, 7) is 2.90. The highest BCUT2D eigenvalue weighted by atomic mass is 16.5. The molecule has 0 heterocycles. The normalized spacial score (nSPS) is 34.7. The van der Waals surface area contributed by atoms with Gasteiger partial charge in [0.15, 0.2) is 0 Å². The summed E-state index contributed by atoms with van der Waals surface area (Å²) in [7, 11) is 1.74. The molecular weight excluding hydrogens is 374 g/mol. The van der Waals surface area contributed by atoms with Crippen molar-refractivity contribution >= 4 is 0 Å². The van der Waals surface area contributed by atoms with Crippen LogP contribution in [0.25, 0.3) is 0 Å². The highest BCUT2D eigenvalue weighted by Crippen LogP contribution is 2.61. The standard InChI is InChI=1S/C26H33NO3/c1-26-12-11-20-19-10-8-18(30-2)13-16(19)7-9-21(20)22(26)14-23(25(26)29)27-15-17-5-3-4-6-24(17)28/h3-6,8,10,13,20-23,25,27-29H,7,9,11-12,14-15H2,1-2H3/t20-,21-,22+,23-,25+,26+/m1/s1. The number of phenolic OH excluding ortho intramolecular Hbond substituents is 1. The fourth-order valence-corrected chi connectivity index (χ4v) is 6.80. The molecule has 0 saturated heterocycles. The van der Waals surface area contributed by atoms with Gasteiger partial charge in [-0.05, 0) is 84.6 Å². The molecule has 2 fully saturated rings. The molecule has 30 heavy (non-hydrogen) atoms. The molecule has 4 heteroatoms. The van der Waals surface area contributed by atoms with Gasteiger partial charge in [-0.2, -0.15) is 0 Å². The van der Waals surface area contributed by atoms with Crippen molar-refractivity contribution in [1.29, 1.82) is 0 Å². The van der Waals surface area contributed by atoms with Crippen LogP contribution in [0.15, 0.2) is 42.5 Å². The van der Waals surface area contributed by atoms with Crippen LogP contribution < -0.4 is 10.1 Å². The fraction of sp³-hybridized carbons (Fsp3) is 0.538. The Labute approximate surface area is 179 Å². The summed E-state index contributed by atoms with van der Waals surface area (Å²) in [6.07, 6.45) is 5.20. The van der Waals surface area contributed by atoms with Gasteiger partial charge in [0.05, 0.1) is 13.2 Å². The molecule has 6 atom stereocenters. The van der Waals surface area contributed by atoms with Crippen LogP contribution in [0.5, 0.6) is 11.5 Å². The van der Waals surface area contributed by atoms with E-state index in [9.17, 15) is 10.2 Å². The molecule has 0 aliphatic heterocycles. The second kappa shape index (κ2) is 7.58. The molecule has 0 spiro atoms. The average Bonchev–Trinajstić information content (AvgIpc) is 3.03. The Balaban J connectivity index is 1.35. The minimum Gasteiger partial charge on any atom is -0.508 e. The van der Waals surface area contributed by atoms with Crippen LogP contribution in [0.1, 0.15) is 55.2 Å². The first-order valence-electron chi connectivity index (χ1n) is 11.4. The second-order valence-electron chi connectivity index (χ2n) is 9.82. The number of methoxy groups -OCH3 is 1. The van der Waals surface area contributed by atoms with Crippen molar-refractivity contribution in [2.45, 2.75) is 63.6 Å². The number of phenols is 1. The Kier molecular flexibility index (Phi) is 5.03. The van der Waals surface area contributed by atoms with Gasteiger partial charge in [0.25, 0.3) is 0 Å². The minimum absolute atomic E-state index is 0.0263. The quantitative estimate of drug-likeness (QED) is 0.704. The van der Waals surface area contributed by atoms with Crippen molar-refractivity contribution < 1.29 is 14.9 Å².